The van der Waals surface area contributed by atoms with E-state index < -0.39 is 12.3 Å². The molecule has 0 amide bonds. The van der Waals surface area contributed by atoms with Gasteiger partial charge < -0.3 is 0 Å². The molecule has 3 rings (SSSR count). The van der Waals surface area contributed by atoms with E-state index in [-0.39, 0.29) is 11.9 Å². The van der Waals surface area contributed by atoms with Gasteiger partial charge in [0, 0.05) is 0 Å². The van der Waals surface area contributed by atoms with Gasteiger partial charge in [-0.1, -0.05) is 0 Å². The van der Waals surface area contributed by atoms with Crippen molar-refractivity contribution in [1.29, 1.82) is 0 Å². The third-order valence-electron chi connectivity index (χ3n) is 2.50. The van der Waals surface area contributed by atoms with Gasteiger partial charge in [-0.3, -0.25) is 0 Å². The normalized spacial score (nSPS) is 15.4. The second-order valence-electron chi connectivity index (χ2n) is 3.97. The summed E-state index contributed by atoms with van der Waals surface area (Å²) in [5, 5.41) is 3.08. The summed E-state index contributed by atoms with van der Waals surface area (Å²) in [7, 11) is 4.26. The molecule has 0 radical (unpaired) electrons. The zero-order valence-corrected chi connectivity index (χ0v) is 14.0. The number of benzene rings is 1. The topological polar surface area (TPSA) is 103 Å². The number of aromatic nitrogens is 3. The van der Waals surface area contributed by atoms with Gasteiger partial charge in [0.05, 0.1) is 0 Å². The molecule has 9 heteroatoms. The van der Waals surface area contributed by atoms with Crippen molar-refractivity contribution in [2.24, 2.45) is 0 Å². The molecule has 0 bridgehead atoms. The SMILES string of the molecule is Nc1nc(N)nc(Nc2ccc([As]3SCCS3)cc2)n1. The van der Waals surface area contributed by atoms with Crippen LogP contribution in [0.1, 0.15) is 0 Å². The zero-order valence-electron chi connectivity index (χ0n) is 10.5. The number of anilines is 4. The van der Waals surface area contributed by atoms with Gasteiger partial charge in [0.2, 0.25) is 0 Å². The molecule has 1 saturated heterocycles. The summed E-state index contributed by atoms with van der Waals surface area (Å²) in [5.74, 6) is 3.17. The summed E-state index contributed by atoms with van der Waals surface area (Å²) in [6, 6.07) is 8.45. The average molecular weight is 368 g/mol. The van der Waals surface area contributed by atoms with Gasteiger partial charge in [-0.05, 0) is 0 Å². The second-order valence-corrected chi connectivity index (χ2v) is 15.7. The van der Waals surface area contributed by atoms with E-state index in [1.54, 1.807) is 0 Å². The van der Waals surface area contributed by atoms with Crippen LogP contribution in [-0.2, 0) is 0 Å². The van der Waals surface area contributed by atoms with Gasteiger partial charge in [0.25, 0.3) is 0 Å². The first-order valence-electron chi connectivity index (χ1n) is 5.91. The van der Waals surface area contributed by atoms with Crippen molar-refractivity contribution in [2.45, 2.75) is 0 Å². The third-order valence-corrected chi connectivity index (χ3v) is 16.2. The molecule has 1 aromatic carbocycles. The fourth-order valence-corrected chi connectivity index (χ4v) is 15.8. The van der Waals surface area contributed by atoms with Crippen LogP contribution in [0.25, 0.3) is 0 Å². The molecule has 2 aromatic rings. The van der Waals surface area contributed by atoms with Gasteiger partial charge in [-0.2, -0.15) is 0 Å². The Labute approximate surface area is 127 Å². The van der Waals surface area contributed by atoms with Crippen molar-refractivity contribution in [1.82, 2.24) is 15.0 Å². The van der Waals surface area contributed by atoms with E-state index in [1.165, 1.54) is 15.9 Å². The summed E-state index contributed by atoms with van der Waals surface area (Å²) in [4.78, 5) is 11.7. The molecule has 0 atom stereocenters. The summed E-state index contributed by atoms with van der Waals surface area (Å²) in [6.45, 7) is 0. The molecule has 0 unspecified atom stereocenters. The summed E-state index contributed by atoms with van der Waals surface area (Å²) in [6.07, 6.45) is 0. The van der Waals surface area contributed by atoms with Crippen molar-refractivity contribution in [3.8, 4) is 0 Å². The Morgan fingerprint density at radius 1 is 0.950 bits per heavy atom. The molecule has 1 aromatic heterocycles. The Kier molecular flexibility index (Phi) is 4.23. The van der Waals surface area contributed by atoms with Gasteiger partial charge in [-0.25, -0.2) is 0 Å². The first-order valence-corrected chi connectivity index (χ1v) is 13.3. The van der Waals surface area contributed by atoms with E-state index in [2.05, 4.69) is 52.5 Å². The minimum absolute atomic E-state index is 0.114. The molecule has 0 spiro atoms. The summed E-state index contributed by atoms with van der Waals surface area (Å²) >= 11 is -0.906. The molecule has 20 heavy (non-hydrogen) atoms. The first kappa shape index (κ1) is 13.9. The van der Waals surface area contributed by atoms with Crippen LogP contribution in [0.15, 0.2) is 24.3 Å². The molecule has 104 valence electrons. The fraction of sp³-hybridized carbons (Fsp3) is 0.182. The number of nitrogens with one attached hydrogen (secondary N) is 1. The molecule has 1 fully saturated rings. The van der Waals surface area contributed by atoms with Crippen LogP contribution >= 0.6 is 20.0 Å². The van der Waals surface area contributed by atoms with Gasteiger partial charge in [0.15, 0.2) is 0 Å². The van der Waals surface area contributed by atoms with Gasteiger partial charge in [-0.15, -0.1) is 0 Å². The number of nitrogens with two attached hydrogens (primary N) is 2. The van der Waals surface area contributed by atoms with Crippen LogP contribution < -0.4 is 21.1 Å². The maximum atomic E-state index is 5.54. The van der Waals surface area contributed by atoms with Crippen molar-refractivity contribution in [3.63, 3.8) is 0 Å². The molecular formula is C11H13AsN6S2. The summed E-state index contributed by atoms with van der Waals surface area (Å²) < 4.78 is 1.48. The van der Waals surface area contributed by atoms with Gasteiger partial charge in [0.1, 0.15) is 0 Å². The van der Waals surface area contributed by atoms with E-state index in [0.29, 0.717) is 5.95 Å². The molecule has 5 N–H and O–H groups in total. The monoisotopic (exact) mass is 368 g/mol. The van der Waals surface area contributed by atoms with Crippen LogP contribution in [0.3, 0.4) is 0 Å². The van der Waals surface area contributed by atoms with E-state index in [9.17, 15) is 0 Å². The molecule has 0 aliphatic carbocycles. The summed E-state index contributed by atoms with van der Waals surface area (Å²) in [5.41, 5.74) is 12.0. The van der Waals surface area contributed by atoms with E-state index in [0.717, 1.165) is 5.69 Å². The van der Waals surface area contributed by atoms with Gasteiger partial charge >= 0.3 is 128 Å². The maximum absolute atomic E-state index is 5.54. The number of hydrogen-bond acceptors (Lipinski definition) is 8. The van der Waals surface area contributed by atoms with E-state index >= 15 is 0 Å². The number of nitrogens with zero attached hydrogens (tertiary/aromatic N) is 3. The molecule has 2 heterocycles. The zero-order chi connectivity index (χ0) is 13.9. The Bertz CT molecular complexity index is 582. The Hall–Kier alpha value is -1.11. The fourth-order valence-electron chi connectivity index (χ4n) is 1.69. The second kappa shape index (κ2) is 6.11. The number of rotatable bonds is 3. The van der Waals surface area contributed by atoms with Crippen LogP contribution in [0, 0.1) is 0 Å². The minimum atomic E-state index is -0.906. The quantitative estimate of drug-likeness (QED) is 0.689. The van der Waals surface area contributed by atoms with Crippen molar-refractivity contribution in [2.75, 3.05) is 28.3 Å². The Morgan fingerprint density at radius 3 is 2.15 bits per heavy atom. The Balaban J connectivity index is 1.74. The molecular weight excluding hydrogens is 355 g/mol. The van der Waals surface area contributed by atoms with Crippen molar-refractivity contribution < 1.29 is 0 Å². The predicted octanol–water partition coefficient (Wildman–Crippen LogP) is 0.955. The standard InChI is InChI=1S/C11H13AsN6S2/c13-9-16-10(14)18-11(17-9)15-8-3-1-7(2-4-8)12-19-5-6-20-12/h1-4H,5-6H2,(H5,13,14,15,16,17,18). The predicted molar refractivity (Wildman–Crippen MR) is 88.7 cm³/mol. The number of hydrogen-bond donors (Lipinski definition) is 3. The molecule has 1 aliphatic heterocycles. The average Bonchev–Trinajstić information content (AvgIpc) is 2.92. The van der Waals surface area contributed by atoms with Crippen LogP contribution in [0.5, 0.6) is 0 Å². The molecule has 6 nitrogen and oxygen atoms in total. The van der Waals surface area contributed by atoms with Crippen LogP contribution in [-0.4, -0.2) is 38.8 Å². The van der Waals surface area contributed by atoms with Crippen molar-refractivity contribution >= 4 is 60.3 Å². The van der Waals surface area contributed by atoms with E-state index in [1.807, 2.05) is 12.1 Å². The van der Waals surface area contributed by atoms with Crippen LogP contribution in [0.4, 0.5) is 23.5 Å². The van der Waals surface area contributed by atoms with E-state index in [4.69, 9.17) is 11.5 Å². The number of nitrogen functional groups attached to an aromatic ring is 2. The van der Waals surface area contributed by atoms with Crippen molar-refractivity contribution in [3.05, 3.63) is 24.3 Å². The molecule has 0 saturated carbocycles. The third kappa shape index (κ3) is 3.31. The van der Waals surface area contributed by atoms with Crippen LogP contribution in [0.2, 0.25) is 0 Å². The molecule has 1 aliphatic rings. The Morgan fingerprint density at radius 2 is 1.55 bits per heavy atom. The first-order chi connectivity index (χ1) is 9.70.